The van der Waals surface area contributed by atoms with Gasteiger partial charge in [0.2, 0.25) is 0 Å². The van der Waals surface area contributed by atoms with Crippen LogP contribution in [-0.2, 0) is 12.7 Å². The van der Waals surface area contributed by atoms with Crippen LogP contribution in [0, 0.1) is 6.92 Å². The van der Waals surface area contributed by atoms with Crippen LogP contribution in [0.25, 0.3) is 0 Å². The van der Waals surface area contributed by atoms with E-state index in [4.69, 9.17) is 4.52 Å². The molecule has 5 nitrogen and oxygen atoms in total. The van der Waals surface area contributed by atoms with E-state index in [9.17, 15) is 18.0 Å². The Morgan fingerprint density at radius 2 is 2.12 bits per heavy atom. The molecule has 2 atom stereocenters. The fraction of sp³-hybridized carbons (Fsp3) is 0.375. The summed E-state index contributed by atoms with van der Waals surface area (Å²) in [6.07, 6.45) is -3.90. The number of carbonyl (C=O) groups excluding carboxylic acids is 1. The first kappa shape index (κ1) is 16.4. The van der Waals surface area contributed by atoms with E-state index in [-0.39, 0.29) is 24.1 Å². The average molecular weight is 339 g/mol. The van der Waals surface area contributed by atoms with Gasteiger partial charge in [-0.3, -0.25) is 0 Å². The van der Waals surface area contributed by atoms with Crippen LogP contribution in [0.3, 0.4) is 0 Å². The molecular weight excluding hydrogens is 323 g/mol. The summed E-state index contributed by atoms with van der Waals surface area (Å²) in [5.74, 6) is 0.193. The molecule has 24 heavy (non-hydrogen) atoms. The Morgan fingerprint density at radius 1 is 1.38 bits per heavy atom. The molecule has 1 aromatic carbocycles. The van der Waals surface area contributed by atoms with Gasteiger partial charge in [0.15, 0.2) is 5.76 Å². The fourth-order valence-electron chi connectivity index (χ4n) is 2.66. The number of nitrogens with zero attached hydrogens (tertiary/aromatic N) is 1. The molecule has 2 aromatic rings. The lowest BCUT2D eigenvalue weighted by atomic mass is 10.0. The van der Waals surface area contributed by atoms with E-state index in [2.05, 4.69) is 15.8 Å². The Bertz CT molecular complexity index is 742. The van der Waals surface area contributed by atoms with E-state index in [1.807, 2.05) is 0 Å². The van der Waals surface area contributed by atoms with Gasteiger partial charge in [-0.1, -0.05) is 23.4 Å². The molecule has 1 fully saturated rings. The molecule has 1 heterocycles. The molecule has 2 amide bonds. The standard InChI is InChI=1S/C16H16F3N3O2/c1-9-6-10(24-22-9)8-20-15(23)21-14-7-12(14)11-4-2-3-5-13(11)16(17,18)19/h2-6,12,14H,7-8H2,1H3,(H2,20,21,23)/t12-,14+/m1/s1. The maximum absolute atomic E-state index is 13.0. The van der Waals surface area contributed by atoms with Crippen LogP contribution >= 0.6 is 0 Å². The molecule has 0 bridgehead atoms. The number of alkyl halides is 3. The summed E-state index contributed by atoms with van der Waals surface area (Å²) in [6, 6.07) is 6.42. The van der Waals surface area contributed by atoms with E-state index in [1.54, 1.807) is 19.1 Å². The molecule has 0 saturated heterocycles. The van der Waals surface area contributed by atoms with E-state index in [0.717, 1.165) is 6.07 Å². The van der Waals surface area contributed by atoms with Gasteiger partial charge in [0.25, 0.3) is 0 Å². The Morgan fingerprint density at radius 3 is 2.79 bits per heavy atom. The highest BCUT2D eigenvalue weighted by Crippen LogP contribution is 2.46. The number of rotatable bonds is 4. The van der Waals surface area contributed by atoms with Gasteiger partial charge in [-0.25, -0.2) is 4.79 Å². The second kappa shape index (κ2) is 6.18. The second-order valence-electron chi connectivity index (χ2n) is 5.80. The first-order valence-electron chi connectivity index (χ1n) is 7.47. The van der Waals surface area contributed by atoms with Crippen molar-refractivity contribution in [3.63, 3.8) is 0 Å². The predicted molar refractivity (Wildman–Crippen MR) is 79.2 cm³/mol. The molecule has 0 radical (unpaired) electrons. The van der Waals surface area contributed by atoms with Gasteiger partial charge in [0.05, 0.1) is 17.8 Å². The summed E-state index contributed by atoms with van der Waals surface area (Å²) in [7, 11) is 0. The minimum absolute atomic E-state index is 0.170. The molecule has 2 N–H and O–H groups in total. The number of hydrogen-bond donors (Lipinski definition) is 2. The lowest BCUT2D eigenvalue weighted by molar-refractivity contribution is -0.138. The van der Waals surface area contributed by atoms with Crippen molar-refractivity contribution in [2.75, 3.05) is 0 Å². The van der Waals surface area contributed by atoms with Gasteiger partial charge < -0.3 is 15.2 Å². The van der Waals surface area contributed by atoms with Gasteiger partial charge >= 0.3 is 12.2 Å². The summed E-state index contributed by atoms with van der Waals surface area (Å²) >= 11 is 0. The van der Waals surface area contributed by atoms with Crippen LogP contribution in [0.1, 0.15) is 34.9 Å². The third kappa shape index (κ3) is 3.69. The SMILES string of the molecule is Cc1cc(CNC(=O)N[C@H]2C[C@@H]2c2ccccc2C(F)(F)F)on1. The minimum atomic E-state index is -4.39. The molecule has 1 aliphatic carbocycles. The van der Waals surface area contributed by atoms with Crippen molar-refractivity contribution in [2.45, 2.75) is 38.0 Å². The third-order valence-electron chi connectivity index (χ3n) is 3.87. The highest BCUT2D eigenvalue weighted by atomic mass is 19.4. The van der Waals surface area contributed by atoms with Crippen molar-refractivity contribution in [3.05, 3.63) is 52.9 Å². The van der Waals surface area contributed by atoms with Crippen LogP contribution in [0.15, 0.2) is 34.9 Å². The predicted octanol–water partition coefficient (Wildman–Crippen LogP) is 3.36. The van der Waals surface area contributed by atoms with E-state index < -0.39 is 17.8 Å². The first-order chi connectivity index (χ1) is 11.3. The lowest BCUT2D eigenvalue weighted by Crippen LogP contribution is -2.36. The van der Waals surface area contributed by atoms with Crippen LogP contribution in [0.5, 0.6) is 0 Å². The highest BCUT2D eigenvalue weighted by molar-refractivity contribution is 5.74. The number of carbonyl (C=O) groups is 1. The van der Waals surface area contributed by atoms with Gasteiger partial charge in [-0.15, -0.1) is 0 Å². The monoisotopic (exact) mass is 339 g/mol. The van der Waals surface area contributed by atoms with E-state index in [0.29, 0.717) is 17.9 Å². The smallest absolute Gasteiger partial charge is 0.359 e. The summed E-state index contributed by atoms with van der Waals surface area (Å²) < 4.78 is 44.0. The van der Waals surface area contributed by atoms with Crippen molar-refractivity contribution < 1.29 is 22.5 Å². The molecule has 3 rings (SSSR count). The zero-order valence-corrected chi connectivity index (χ0v) is 12.9. The van der Waals surface area contributed by atoms with Crippen LogP contribution < -0.4 is 10.6 Å². The molecule has 8 heteroatoms. The Hall–Kier alpha value is -2.51. The maximum atomic E-state index is 13.0. The highest BCUT2D eigenvalue weighted by Gasteiger charge is 2.44. The lowest BCUT2D eigenvalue weighted by Gasteiger charge is -2.12. The van der Waals surface area contributed by atoms with Gasteiger partial charge in [0, 0.05) is 18.0 Å². The largest absolute Gasteiger partial charge is 0.416 e. The number of benzene rings is 1. The summed E-state index contributed by atoms with van der Waals surface area (Å²) in [5.41, 5.74) is 0.288. The molecular formula is C16H16F3N3O2. The number of aryl methyl sites for hydroxylation is 1. The maximum Gasteiger partial charge on any atom is 0.416 e. The van der Waals surface area contributed by atoms with Crippen molar-refractivity contribution in [1.29, 1.82) is 0 Å². The number of nitrogens with one attached hydrogen (secondary N) is 2. The molecule has 1 saturated carbocycles. The Labute approximate surface area is 136 Å². The number of urea groups is 1. The number of hydrogen-bond acceptors (Lipinski definition) is 3. The van der Waals surface area contributed by atoms with Crippen molar-refractivity contribution >= 4 is 6.03 Å². The van der Waals surface area contributed by atoms with Gasteiger partial charge in [-0.2, -0.15) is 13.2 Å². The van der Waals surface area contributed by atoms with Crippen LogP contribution in [-0.4, -0.2) is 17.2 Å². The Balaban J connectivity index is 1.55. The number of aromatic nitrogens is 1. The van der Waals surface area contributed by atoms with Crippen molar-refractivity contribution in [2.24, 2.45) is 0 Å². The zero-order valence-electron chi connectivity index (χ0n) is 12.9. The molecule has 0 aliphatic heterocycles. The quantitative estimate of drug-likeness (QED) is 0.898. The molecule has 128 valence electrons. The first-order valence-corrected chi connectivity index (χ1v) is 7.47. The third-order valence-corrected chi connectivity index (χ3v) is 3.87. The van der Waals surface area contributed by atoms with Gasteiger partial charge in [-0.05, 0) is 25.0 Å². The second-order valence-corrected chi connectivity index (χ2v) is 5.80. The fourth-order valence-corrected chi connectivity index (χ4v) is 2.66. The average Bonchev–Trinajstić information content (AvgIpc) is 3.15. The minimum Gasteiger partial charge on any atom is -0.359 e. The molecule has 1 aliphatic rings. The van der Waals surface area contributed by atoms with Crippen LogP contribution in [0.4, 0.5) is 18.0 Å². The molecule has 1 aromatic heterocycles. The van der Waals surface area contributed by atoms with Crippen LogP contribution in [0.2, 0.25) is 0 Å². The normalized spacial score (nSPS) is 19.8. The topological polar surface area (TPSA) is 67.2 Å². The summed E-state index contributed by atoms with van der Waals surface area (Å²) in [6.45, 7) is 1.93. The molecule has 0 unspecified atom stereocenters. The van der Waals surface area contributed by atoms with Gasteiger partial charge in [0.1, 0.15) is 0 Å². The van der Waals surface area contributed by atoms with E-state index >= 15 is 0 Å². The Kier molecular flexibility index (Phi) is 4.21. The number of amides is 2. The number of halogens is 3. The summed E-state index contributed by atoms with van der Waals surface area (Å²) in [4.78, 5) is 11.8. The van der Waals surface area contributed by atoms with Crippen molar-refractivity contribution in [3.8, 4) is 0 Å². The van der Waals surface area contributed by atoms with Crippen molar-refractivity contribution in [1.82, 2.24) is 15.8 Å². The molecule has 0 spiro atoms. The summed E-state index contributed by atoms with van der Waals surface area (Å²) in [5, 5.41) is 8.97. The zero-order chi connectivity index (χ0) is 17.3. The van der Waals surface area contributed by atoms with E-state index in [1.165, 1.54) is 12.1 Å².